The van der Waals surface area contributed by atoms with E-state index in [0.717, 1.165) is 6.07 Å². The van der Waals surface area contributed by atoms with E-state index in [1.807, 2.05) is 0 Å². The van der Waals surface area contributed by atoms with E-state index in [2.05, 4.69) is 10.3 Å². The van der Waals surface area contributed by atoms with Gasteiger partial charge in [0.15, 0.2) is 0 Å². The number of pyridine rings is 1. The second-order valence-corrected chi connectivity index (χ2v) is 5.01. The van der Waals surface area contributed by atoms with E-state index in [1.165, 1.54) is 6.07 Å². The van der Waals surface area contributed by atoms with Gasteiger partial charge < -0.3 is 10.4 Å². The van der Waals surface area contributed by atoms with Crippen LogP contribution >= 0.6 is 11.6 Å². The molecule has 0 fully saturated rings. The number of carbonyl (C=O) groups excluding carboxylic acids is 1. The van der Waals surface area contributed by atoms with E-state index in [9.17, 15) is 20.0 Å². The molecule has 2 aromatic rings. The first kappa shape index (κ1) is 15.7. The summed E-state index contributed by atoms with van der Waals surface area (Å²) >= 11 is 5.77. The summed E-state index contributed by atoms with van der Waals surface area (Å²) in [7, 11) is 0. The summed E-state index contributed by atoms with van der Waals surface area (Å²) in [4.78, 5) is 26.2. The highest BCUT2D eigenvalue weighted by molar-refractivity contribution is 6.31. The lowest BCUT2D eigenvalue weighted by Gasteiger charge is -2.13. The summed E-state index contributed by atoms with van der Waals surface area (Å²) in [6, 6.07) is 5.69. The third-order valence-corrected chi connectivity index (χ3v) is 3.31. The number of rotatable bonds is 4. The van der Waals surface area contributed by atoms with Gasteiger partial charge >= 0.3 is 5.69 Å². The topological polar surface area (TPSA) is 105 Å². The Morgan fingerprint density at radius 3 is 2.82 bits per heavy atom. The zero-order chi connectivity index (χ0) is 16.3. The number of phenolic OH excluding ortho intramolecular Hbond substituents is 1. The summed E-state index contributed by atoms with van der Waals surface area (Å²) in [5.74, 6) is -1.63. The summed E-state index contributed by atoms with van der Waals surface area (Å²) in [5.41, 5.74) is -0.00668. The molecule has 2 N–H and O–H groups in total. The van der Waals surface area contributed by atoms with Crippen LogP contribution in [-0.2, 0) is 4.79 Å². The molecule has 1 heterocycles. The molecular formula is C14H12ClN3O4. The number of aromatic hydroxyl groups is 1. The molecule has 0 spiro atoms. The standard InChI is InChI=1S/C14H12ClN3O4/c1-8(9-3-2-4-16-7-9)14(20)17-11-5-10(15)6-12(13(11)19)18(21)22/h2-8,19H,1H3,(H,17,20). The Labute approximate surface area is 130 Å². The van der Waals surface area contributed by atoms with Crippen LogP contribution in [0.2, 0.25) is 5.02 Å². The first-order chi connectivity index (χ1) is 10.4. The Morgan fingerprint density at radius 1 is 1.50 bits per heavy atom. The minimum absolute atomic E-state index is 0.0360. The first-order valence-corrected chi connectivity index (χ1v) is 6.65. The van der Waals surface area contributed by atoms with Crippen molar-refractivity contribution in [3.63, 3.8) is 0 Å². The van der Waals surface area contributed by atoms with Gasteiger partial charge in [0.05, 0.1) is 16.5 Å². The van der Waals surface area contributed by atoms with Crippen LogP contribution in [0.4, 0.5) is 11.4 Å². The number of nitrogens with zero attached hydrogens (tertiary/aromatic N) is 2. The Hall–Kier alpha value is -2.67. The van der Waals surface area contributed by atoms with Crippen LogP contribution in [0.15, 0.2) is 36.7 Å². The number of nitrogens with one attached hydrogen (secondary N) is 1. The van der Waals surface area contributed by atoms with Crippen LogP contribution in [0.3, 0.4) is 0 Å². The molecule has 22 heavy (non-hydrogen) atoms. The van der Waals surface area contributed by atoms with Crippen LogP contribution in [-0.4, -0.2) is 20.9 Å². The van der Waals surface area contributed by atoms with E-state index in [-0.39, 0.29) is 10.7 Å². The highest BCUT2D eigenvalue weighted by Crippen LogP contribution is 2.37. The number of halogens is 1. The molecule has 1 atom stereocenters. The SMILES string of the molecule is CC(C(=O)Nc1cc(Cl)cc([N+](=O)[O-])c1O)c1cccnc1. The van der Waals surface area contributed by atoms with Gasteiger partial charge in [0, 0.05) is 23.5 Å². The predicted octanol–water partition coefficient (Wildman–Crippen LogP) is 3.09. The minimum atomic E-state index is -0.776. The molecule has 0 radical (unpaired) electrons. The number of anilines is 1. The number of amides is 1. The number of hydrogen-bond donors (Lipinski definition) is 2. The number of benzene rings is 1. The molecule has 1 aromatic carbocycles. The fourth-order valence-corrected chi connectivity index (χ4v) is 2.06. The summed E-state index contributed by atoms with van der Waals surface area (Å²) in [6.45, 7) is 1.66. The monoisotopic (exact) mass is 321 g/mol. The van der Waals surface area contributed by atoms with E-state index < -0.39 is 28.2 Å². The van der Waals surface area contributed by atoms with Gasteiger partial charge in [0.1, 0.15) is 0 Å². The summed E-state index contributed by atoms with van der Waals surface area (Å²) in [6.07, 6.45) is 3.13. The Kier molecular flexibility index (Phi) is 4.57. The molecule has 1 amide bonds. The van der Waals surface area contributed by atoms with Crippen molar-refractivity contribution < 1.29 is 14.8 Å². The molecule has 0 aliphatic carbocycles. The van der Waals surface area contributed by atoms with Gasteiger partial charge in [-0.2, -0.15) is 0 Å². The van der Waals surface area contributed by atoms with Gasteiger partial charge in [-0.15, -0.1) is 0 Å². The van der Waals surface area contributed by atoms with Crippen molar-refractivity contribution in [2.45, 2.75) is 12.8 Å². The van der Waals surface area contributed by atoms with Crippen molar-refractivity contribution >= 4 is 28.9 Å². The number of nitro benzene ring substituents is 1. The quantitative estimate of drug-likeness (QED) is 0.511. The predicted molar refractivity (Wildman–Crippen MR) is 81.1 cm³/mol. The second-order valence-electron chi connectivity index (χ2n) is 4.58. The van der Waals surface area contributed by atoms with E-state index >= 15 is 0 Å². The summed E-state index contributed by atoms with van der Waals surface area (Å²) in [5, 5.41) is 23.2. The zero-order valence-corrected chi connectivity index (χ0v) is 12.2. The van der Waals surface area contributed by atoms with Crippen molar-refractivity contribution in [2.75, 3.05) is 5.32 Å². The molecule has 0 saturated carbocycles. The molecule has 1 aromatic heterocycles. The Morgan fingerprint density at radius 2 is 2.23 bits per heavy atom. The highest BCUT2D eigenvalue weighted by Gasteiger charge is 2.22. The van der Waals surface area contributed by atoms with Crippen molar-refractivity contribution in [3.05, 3.63) is 57.4 Å². The molecule has 0 saturated heterocycles. The van der Waals surface area contributed by atoms with Crippen LogP contribution < -0.4 is 5.32 Å². The second kappa shape index (κ2) is 6.40. The maximum absolute atomic E-state index is 12.2. The number of aromatic nitrogens is 1. The third kappa shape index (κ3) is 3.32. The average Bonchev–Trinajstić information content (AvgIpc) is 2.50. The molecular weight excluding hydrogens is 310 g/mol. The number of hydrogen-bond acceptors (Lipinski definition) is 5. The third-order valence-electron chi connectivity index (χ3n) is 3.09. The van der Waals surface area contributed by atoms with Crippen LogP contribution in [0.5, 0.6) is 5.75 Å². The lowest BCUT2D eigenvalue weighted by molar-refractivity contribution is -0.385. The average molecular weight is 322 g/mol. The van der Waals surface area contributed by atoms with Gasteiger partial charge in [0.25, 0.3) is 0 Å². The van der Waals surface area contributed by atoms with E-state index in [0.29, 0.717) is 5.56 Å². The van der Waals surface area contributed by atoms with Crippen LogP contribution in [0, 0.1) is 10.1 Å². The summed E-state index contributed by atoms with van der Waals surface area (Å²) < 4.78 is 0. The minimum Gasteiger partial charge on any atom is -0.501 e. The van der Waals surface area contributed by atoms with Crippen molar-refractivity contribution in [3.8, 4) is 5.75 Å². The van der Waals surface area contributed by atoms with E-state index in [4.69, 9.17) is 11.6 Å². The van der Waals surface area contributed by atoms with Crippen molar-refractivity contribution in [1.82, 2.24) is 4.98 Å². The van der Waals surface area contributed by atoms with Gasteiger partial charge in [0.2, 0.25) is 11.7 Å². The molecule has 7 nitrogen and oxygen atoms in total. The van der Waals surface area contributed by atoms with Gasteiger partial charge in [-0.1, -0.05) is 17.7 Å². The molecule has 2 rings (SSSR count). The fourth-order valence-electron chi connectivity index (χ4n) is 1.84. The van der Waals surface area contributed by atoms with Crippen LogP contribution in [0.1, 0.15) is 18.4 Å². The number of carbonyl (C=O) groups is 1. The molecule has 0 aliphatic rings. The van der Waals surface area contributed by atoms with Gasteiger partial charge in [-0.05, 0) is 24.6 Å². The van der Waals surface area contributed by atoms with E-state index in [1.54, 1.807) is 31.5 Å². The van der Waals surface area contributed by atoms with Crippen molar-refractivity contribution in [1.29, 1.82) is 0 Å². The fraction of sp³-hybridized carbons (Fsp3) is 0.143. The Balaban J connectivity index is 2.27. The molecule has 114 valence electrons. The van der Waals surface area contributed by atoms with Gasteiger partial charge in [-0.3, -0.25) is 19.9 Å². The number of phenols is 1. The lowest BCUT2D eigenvalue weighted by Crippen LogP contribution is -2.19. The number of nitro groups is 1. The molecule has 0 bridgehead atoms. The normalized spacial score (nSPS) is 11.7. The molecule has 1 unspecified atom stereocenters. The lowest BCUT2D eigenvalue weighted by atomic mass is 10.0. The Bertz CT molecular complexity index is 722. The first-order valence-electron chi connectivity index (χ1n) is 6.28. The maximum atomic E-state index is 12.2. The largest absolute Gasteiger partial charge is 0.501 e. The maximum Gasteiger partial charge on any atom is 0.314 e. The zero-order valence-electron chi connectivity index (χ0n) is 11.5. The van der Waals surface area contributed by atoms with Crippen LogP contribution in [0.25, 0.3) is 0 Å². The molecule has 0 aliphatic heterocycles. The smallest absolute Gasteiger partial charge is 0.314 e. The van der Waals surface area contributed by atoms with Crippen molar-refractivity contribution in [2.24, 2.45) is 0 Å². The molecule has 8 heteroatoms. The highest BCUT2D eigenvalue weighted by atomic mass is 35.5. The van der Waals surface area contributed by atoms with Gasteiger partial charge in [-0.25, -0.2) is 0 Å².